The molecule has 8 heteroatoms. The molecular weight excluding hydrogens is 418 g/mol. The van der Waals surface area contributed by atoms with Gasteiger partial charge in [0.25, 0.3) is 17.7 Å². The van der Waals surface area contributed by atoms with Crippen molar-refractivity contribution >= 4 is 35.0 Å². The highest BCUT2D eigenvalue weighted by atomic mass is 35.5. The lowest BCUT2D eigenvalue weighted by molar-refractivity contribution is -0.131. The van der Waals surface area contributed by atoms with Gasteiger partial charge in [0.15, 0.2) is 0 Å². The van der Waals surface area contributed by atoms with Gasteiger partial charge in [-0.25, -0.2) is 5.48 Å². The van der Waals surface area contributed by atoms with Gasteiger partial charge >= 0.3 is 0 Å². The van der Waals surface area contributed by atoms with E-state index < -0.39 is 17.9 Å². The molecule has 0 fully saturated rings. The molecule has 0 bridgehead atoms. The summed E-state index contributed by atoms with van der Waals surface area (Å²) in [5.41, 5.74) is 3.63. The van der Waals surface area contributed by atoms with Crippen LogP contribution in [0.15, 0.2) is 78.9 Å². The van der Waals surface area contributed by atoms with E-state index in [1.54, 1.807) is 29.7 Å². The molecule has 0 unspecified atom stereocenters. The molecule has 0 heterocycles. The second-order valence-corrected chi connectivity index (χ2v) is 7.17. The number of hydroxylamine groups is 1. The van der Waals surface area contributed by atoms with Crippen LogP contribution in [0.4, 0.5) is 5.69 Å². The Morgan fingerprint density at radius 1 is 0.806 bits per heavy atom. The smallest absolute Gasteiger partial charge is 0.266 e. The zero-order valence-electron chi connectivity index (χ0n) is 16.3. The lowest BCUT2D eigenvalue weighted by Crippen LogP contribution is -2.47. The number of halogens is 1. The number of hydrogen-bond donors (Lipinski definition) is 4. The monoisotopic (exact) mass is 437 g/mol. The van der Waals surface area contributed by atoms with Gasteiger partial charge in [-0.15, -0.1) is 0 Å². The molecule has 4 N–H and O–H groups in total. The van der Waals surface area contributed by atoms with Gasteiger partial charge < -0.3 is 10.6 Å². The second kappa shape index (κ2) is 10.4. The summed E-state index contributed by atoms with van der Waals surface area (Å²) in [7, 11) is 0. The number of anilines is 1. The Hall–Kier alpha value is -3.68. The molecule has 3 aromatic carbocycles. The molecule has 158 valence electrons. The fraction of sp³-hybridized carbons (Fsp3) is 0.0870. The van der Waals surface area contributed by atoms with E-state index >= 15 is 0 Å². The maximum Gasteiger partial charge on any atom is 0.266 e. The molecule has 0 saturated carbocycles. The quantitative estimate of drug-likeness (QED) is 0.335. The van der Waals surface area contributed by atoms with Gasteiger partial charge in [0, 0.05) is 28.3 Å². The Labute approximate surface area is 184 Å². The summed E-state index contributed by atoms with van der Waals surface area (Å²) in [5, 5.41) is 14.9. The molecule has 7 nitrogen and oxygen atoms in total. The van der Waals surface area contributed by atoms with Gasteiger partial charge in [0.05, 0.1) is 0 Å². The van der Waals surface area contributed by atoms with Crippen LogP contribution in [0.25, 0.3) is 0 Å². The Balaban J connectivity index is 1.65. The van der Waals surface area contributed by atoms with Gasteiger partial charge in [0.2, 0.25) is 0 Å². The van der Waals surface area contributed by atoms with E-state index in [4.69, 9.17) is 16.8 Å². The van der Waals surface area contributed by atoms with Gasteiger partial charge in [-0.05, 0) is 54.1 Å². The van der Waals surface area contributed by atoms with Gasteiger partial charge in [-0.1, -0.05) is 41.9 Å². The first-order valence-corrected chi connectivity index (χ1v) is 9.80. The summed E-state index contributed by atoms with van der Waals surface area (Å²) in [6, 6.07) is 20.8. The van der Waals surface area contributed by atoms with Crippen molar-refractivity contribution < 1.29 is 19.6 Å². The minimum Gasteiger partial charge on any atom is -0.340 e. The van der Waals surface area contributed by atoms with Crippen LogP contribution in [0, 0.1) is 0 Å². The molecule has 3 rings (SSSR count). The molecule has 0 spiro atoms. The summed E-state index contributed by atoms with van der Waals surface area (Å²) in [6.07, 6.45) is 0.209. The van der Waals surface area contributed by atoms with Crippen LogP contribution < -0.4 is 16.1 Å². The van der Waals surface area contributed by atoms with E-state index in [-0.39, 0.29) is 17.9 Å². The number of carbonyl (C=O) groups excluding carboxylic acids is 3. The third-order valence-electron chi connectivity index (χ3n) is 4.53. The van der Waals surface area contributed by atoms with Crippen molar-refractivity contribution in [2.24, 2.45) is 0 Å². The first kappa shape index (κ1) is 22.0. The van der Waals surface area contributed by atoms with E-state index in [1.165, 1.54) is 24.3 Å². The van der Waals surface area contributed by atoms with Crippen LogP contribution in [0.3, 0.4) is 0 Å². The summed E-state index contributed by atoms with van der Waals surface area (Å²) < 4.78 is 0. The summed E-state index contributed by atoms with van der Waals surface area (Å²) >= 11 is 5.83. The van der Waals surface area contributed by atoms with Crippen molar-refractivity contribution in [2.75, 3.05) is 5.32 Å². The average molecular weight is 438 g/mol. The average Bonchev–Trinajstić information content (AvgIpc) is 2.80. The van der Waals surface area contributed by atoms with Crippen molar-refractivity contribution in [3.63, 3.8) is 0 Å². The first-order chi connectivity index (χ1) is 15.0. The van der Waals surface area contributed by atoms with Crippen molar-refractivity contribution in [3.05, 3.63) is 101 Å². The number of benzene rings is 3. The fourth-order valence-electron chi connectivity index (χ4n) is 2.89. The topological polar surface area (TPSA) is 108 Å². The van der Waals surface area contributed by atoms with Crippen LogP contribution in [-0.4, -0.2) is 29.0 Å². The fourth-order valence-corrected chi connectivity index (χ4v) is 3.01. The maximum atomic E-state index is 12.6. The largest absolute Gasteiger partial charge is 0.340 e. The second-order valence-electron chi connectivity index (χ2n) is 6.73. The maximum absolute atomic E-state index is 12.6. The van der Waals surface area contributed by atoms with Crippen LogP contribution >= 0.6 is 11.6 Å². The molecule has 0 saturated heterocycles. The van der Waals surface area contributed by atoms with E-state index in [1.807, 2.05) is 30.3 Å². The zero-order valence-corrected chi connectivity index (χ0v) is 17.1. The van der Waals surface area contributed by atoms with Crippen molar-refractivity contribution in [1.82, 2.24) is 10.8 Å². The van der Waals surface area contributed by atoms with Gasteiger partial charge in [-0.2, -0.15) is 0 Å². The van der Waals surface area contributed by atoms with E-state index in [9.17, 15) is 14.4 Å². The minimum absolute atomic E-state index is 0.209. The van der Waals surface area contributed by atoms with Crippen LogP contribution in [0.2, 0.25) is 5.02 Å². The zero-order chi connectivity index (χ0) is 22.2. The highest BCUT2D eigenvalue weighted by Crippen LogP contribution is 2.15. The Bertz CT molecular complexity index is 1050. The molecular formula is C23H20ClN3O4. The molecule has 0 aliphatic carbocycles. The highest BCUT2D eigenvalue weighted by molar-refractivity contribution is 6.30. The predicted octanol–water partition coefficient (Wildman–Crippen LogP) is 3.44. The first-order valence-electron chi connectivity index (χ1n) is 9.42. The molecule has 0 aromatic heterocycles. The van der Waals surface area contributed by atoms with E-state index in [0.717, 1.165) is 5.56 Å². The minimum atomic E-state index is -0.965. The van der Waals surface area contributed by atoms with Crippen molar-refractivity contribution in [1.29, 1.82) is 0 Å². The lowest BCUT2D eigenvalue weighted by atomic mass is 10.0. The number of hydrogen-bond acceptors (Lipinski definition) is 4. The molecule has 0 aliphatic heterocycles. The Morgan fingerprint density at radius 2 is 1.39 bits per heavy atom. The molecule has 31 heavy (non-hydrogen) atoms. The molecule has 3 amide bonds. The standard InChI is InChI=1S/C23H20ClN3O4/c24-18-10-12-19(13-11-18)25-21(28)16-6-8-17(9-7-16)22(29)26-20(23(30)27-31)14-15-4-2-1-3-5-15/h1-13,20,31H,14H2,(H,25,28)(H,26,29)(H,27,30)/t20-/m0/s1. The van der Waals surface area contributed by atoms with Crippen LogP contribution in [0.5, 0.6) is 0 Å². The molecule has 0 aliphatic rings. The van der Waals surface area contributed by atoms with E-state index in [0.29, 0.717) is 16.3 Å². The third kappa shape index (κ3) is 6.15. The molecule has 3 aromatic rings. The Morgan fingerprint density at radius 3 is 1.97 bits per heavy atom. The highest BCUT2D eigenvalue weighted by Gasteiger charge is 2.21. The summed E-state index contributed by atoms with van der Waals surface area (Å²) in [6.45, 7) is 0. The third-order valence-corrected chi connectivity index (χ3v) is 4.78. The number of amides is 3. The number of nitrogens with one attached hydrogen (secondary N) is 3. The normalized spacial score (nSPS) is 11.3. The molecule has 1 atom stereocenters. The van der Waals surface area contributed by atoms with Gasteiger partial charge in [0.1, 0.15) is 6.04 Å². The van der Waals surface area contributed by atoms with Crippen LogP contribution in [0.1, 0.15) is 26.3 Å². The summed E-state index contributed by atoms with van der Waals surface area (Å²) in [4.78, 5) is 36.9. The number of carbonyl (C=O) groups is 3. The van der Waals surface area contributed by atoms with E-state index in [2.05, 4.69) is 10.6 Å². The van der Waals surface area contributed by atoms with Crippen LogP contribution in [-0.2, 0) is 11.2 Å². The summed E-state index contributed by atoms with van der Waals surface area (Å²) in [5.74, 6) is -1.57. The van der Waals surface area contributed by atoms with Crippen molar-refractivity contribution in [2.45, 2.75) is 12.5 Å². The van der Waals surface area contributed by atoms with Gasteiger partial charge in [-0.3, -0.25) is 19.6 Å². The predicted molar refractivity (Wildman–Crippen MR) is 117 cm³/mol. The van der Waals surface area contributed by atoms with Crippen molar-refractivity contribution in [3.8, 4) is 0 Å². The lowest BCUT2D eigenvalue weighted by Gasteiger charge is -2.17. The number of rotatable bonds is 7. The Kier molecular flexibility index (Phi) is 7.37. The molecule has 0 radical (unpaired) electrons. The SMILES string of the molecule is O=C(Nc1ccc(Cl)cc1)c1ccc(C(=O)N[C@@H](Cc2ccccc2)C(=O)NO)cc1.